The van der Waals surface area contributed by atoms with Crippen molar-refractivity contribution in [3.63, 3.8) is 0 Å². The van der Waals surface area contributed by atoms with Gasteiger partial charge in [-0.25, -0.2) is 0 Å². The van der Waals surface area contributed by atoms with Gasteiger partial charge in [-0.1, -0.05) is 45.8 Å². The van der Waals surface area contributed by atoms with Crippen LogP contribution >= 0.6 is 0 Å². The van der Waals surface area contributed by atoms with Crippen molar-refractivity contribution < 1.29 is 19.1 Å². The summed E-state index contributed by atoms with van der Waals surface area (Å²) in [6.07, 6.45) is 16.9. The van der Waals surface area contributed by atoms with Gasteiger partial charge in [0.15, 0.2) is 0 Å². The van der Waals surface area contributed by atoms with Crippen molar-refractivity contribution in [1.29, 1.82) is 0 Å². The van der Waals surface area contributed by atoms with Crippen LogP contribution < -0.4 is 0 Å². The lowest BCUT2D eigenvalue weighted by atomic mass is 9.44. The summed E-state index contributed by atoms with van der Waals surface area (Å²) in [6.45, 7) is 15.6. The summed E-state index contributed by atoms with van der Waals surface area (Å²) in [5, 5.41) is 0. The molecule has 0 spiro atoms. The van der Waals surface area contributed by atoms with Crippen LogP contribution in [0.25, 0.3) is 0 Å². The normalized spacial score (nSPS) is 40.0. The lowest BCUT2D eigenvalue weighted by Crippen LogP contribution is -2.54. The van der Waals surface area contributed by atoms with Gasteiger partial charge in [-0.3, -0.25) is 14.4 Å². The third kappa shape index (κ3) is 5.95. The zero-order chi connectivity index (χ0) is 30.4. The van der Waals surface area contributed by atoms with Crippen LogP contribution in [-0.2, 0) is 19.1 Å². The molecule has 236 valence electrons. The first-order chi connectivity index (χ1) is 19.8. The first kappa shape index (κ1) is 32.0. The van der Waals surface area contributed by atoms with Crippen LogP contribution in [0.3, 0.4) is 0 Å². The van der Waals surface area contributed by atoms with E-state index in [2.05, 4.69) is 41.5 Å². The molecule has 0 bridgehead atoms. The van der Waals surface area contributed by atoms with Gasteiger partial charge in [-0.15, -0.1) is 0 Å². The van der Waals surface area contributed by atoms with Crippen molar-refractivity contribution in [3.8, 4) is 0 Å². The Morgan fingerprint density at radius 3 is 2.31 bits per heavy atom. The number of allylic oxidation sites excluding steroid dienone is 2. The zero-order valence-electron chi connectivity index (χ0n) is 28.0. The molecule has 5 aliphatic carbocycles. The number of ether oxygens (including phenoxy) is 1. The van der Waals surface area contributed by atoms with Gasteiger partial charge in [0.1, 0.15) is 17.7 Å². The largest absolute Gasteiger partial charge is 0.463 e. The van der Waals surface area contributed by atoms with E-state index in [0.29, 0.717) is 35.9 Å². The van der Waals surface area contributed by atoms with E-state index in [1.165, 1.54) is 50.5 Å². The summed E-state index contributed by atoms with van der Waals surface area (Å²) in [5.41, 5.74) is 3.81. The molecule has 0 heterocycles. The summed E-state index contributed by atoms with van der Waals surface area (Å²) >= 11 is 0. The van der Waals surface area contributed by atoms with E-state index in [1.54, 1.807) is 12.5 Å². The highest BCUT2D eigenvalue weighted by atomic mass is 16.5. The first-order valence-corrected chi connectivity index (χ1v) is 17.7. The summed E-state index contributed by atoms with van der Waals surface area (Å²) in [6, 6.07) is 0. The lowest BCUT2D eigenvalue weighted by Gasteiger charge is -2.61. The molecule has 4 saturated carbocycles. The molecular weight excluding hydrogens is 520 g/mol. The fourth-order valence-electron chi connectivity index (χ4n) is 11.5. The monoisotopic (exact) mass is 580 g/mol. The minimum Gasteiger partial charge on any atom is -0.463 e. The molecule has 4 fully saturated rings. The molecule has 4 nitrogen and oxygen atoms in total. The van der Waals surface area contributed by atoms with Gasteiger partial charge in [0, 0.05) is 31.6 Å². The average Bonchev–Trinajstić information content (AvgIpc) is 3.28. The Labute approximate surface area is 256 Å². The molecule has 0 aliphatic heterocycles. The standard InChI is InChI=1S/C38H60O4/c1-24-9-8-20-36(4,5)30(24)13-10-25(2)34(40)16-17-35(41)33-15-14-31-29-12-11-27-23-28(42-26(3)39)18-21-37(27,6)32(29)19-22-38(31,33)7/h25,27-29,31-33H,8-23H2,1-7H3/t25?,27?,28-,29-,31-,32-,33+,37-,38-/m0/s1. The van der Waals surface area contributed by atoms with Gasteiger partial charge < -0.3 is 4.74 Å². The maximum Gasteiger partial charge on any atom is 0.302 e. The third-order valence-corrected chi connectivity index (χ3v) is 14.0. The molecule has 0 saturated heterocycles. The highest BCUT2D eigenvalue weighted by molar-refractivity contribution is 5.88. The SMILES string of the molecule is CC(=O)O[C@H]1CC[C@@]2(C)C(CC[C@H]3[C@@H]4CC[C@H](C(=O)CCC(=O)C(C)CCC5=C(C)CCCC5(C)C)[C@@]4(C)CC[C@@H]32)C1. The minimum absolute atomic E-state index is 0.0324. The van der Waals surface area contributed by atoms with Gasteiger partial charge in [-0.05, 0) is 137 Å². The maximum atomic E-state index is 13.7. The molecule has 42 heavy (non-hydrogen) atoms. The molecular formula is C38H60O4. The summed E-state index contributed by atoms with van der Waals surface area (Å²) in [5.74, 6) is 3.42. The second-order valence-corrected chi connectivity index (χ2v) is 16.7. The molecule has 0 aromatic rings. The second-order valence-electron chi connectivity index (χ2n) is 16.7. The van der Waals surface area contributed by atoms with Crippen LogP contribution in [0.4, 0.5) is 0 Å². The van der Waals surface area contributed by atoms with Crippen molar-refractivity contribution in [3.05, 3.63) is 11.1 Å². The van der Waals surface area contributed by atoms with E-state index >= 15 is 0 Å². The lowest BCUT2D eigenvalue weighted by molar-refractivity contribution is -0.161. The molecule has 9 atom stereocenters. The number of hydrogen-bond donors (Lipinski definition) is 0. The zero-order valence-corrected chi connectivity index (χ0v) is 28.0. The van der Waals surface area contributed by atoms with Crippen molar-refractivity contribution in [2.45, 2.75) is 157 Å². The van der Waals surface area contributed by atoms with Gasteiger partial charge in [-0.2, -0.15) is 0 Å². The van der Waals surface area contributed by atoms with Crippen molar-refractivity contribution in [2.75, 3.05) is 0 Å². The van der Waals surface area contributed by atoms with Crippen molar-refractivity contribution in [2.24, 2.45) is 51.8 Å². The van der Waals surface area contributed by atoms with Crippen LogP contribution in [0.15, 0.2) is 11.1 Å². The minimum atomic E-state index is -0.139. The summed E-state index contributed by atoms with van der Waals surface area (Å²) < 4.78 is 5.65. The fraction of sp³-hybridized carbons (Fsp3) is 0.868. The van der Waals surface area contributed by atoms with Gasteiger partial charge >= 0.3 is 5.97 Å². The van der Waals surface area contributed by atoms with E-state index in [1.807, 2.05) is 0 Å². The molecule has 0 radical (unpaired) electrons. The van der Waals surface area contributed by atoms with Gasteiger partial charge in [0.2, 0.25) is 0 Å². The van der Waals surface area contributed by atoms with E-state index in [-0.39, 0.29) is 40.5 Å². The Balaban J connectivity index is 1.15. The Morgan fingerprint density at radius 1 is 0.881 bits per heavy atom. The van der Waals surface area contributed by atoms with Gasteiger partial charge in [0.25, 0.3) is 0 Å². The molecule has 2 unspecified atom stereocenters. The number of fused-ring (bicyclic) bond motifs is 5. The smallest absolute Gasteiger partial charge is 0.302 e. The number of rotatable bonds is 9. The first-order valence-electron chi connectivity index (χ1n) is 17.7. The number of carbonyl (C=O) groups is 3. The molecule has 5 aliphatic rings. The number of carbonyl (C=O) groups excluding carboxylic acids is 3. The van der Waals surface area contributed by atoms with Crippen LogP contribution in [0.2, 0.25) is 0 Å². The highest BCUT2D eigenvalue weighted by Gasteiger charge is 2.61. The predicted octanol–water partition coefficient (Wildman–Crippen LogP) is 9.44. The van der Waals surface area contributed by atoms with E-state index in [9.17, 15) is 14.4 Å². The molecule has 0 aromatic carbocycles. The van der Waals surface area contributed by atoms with Crippen molar-refractivity contribution >= 4 is 17.5 Å². The number of Topliss-reactive ketones (excluding diaryl/α,β-unsaturated/α-hetero) is 2. The van der Waals surface area contributed by atoms with E-state index in [4.69, 9.17) is 4.74 Å². The van der Waals surface area contributed by atoms with E-state index in [0.717, 1.165) is 56.8 Å². The number of hydrogen-bond acceptors (Lipinski definition) is 4. The van der Waals surface area contributed by atoms with Crippen LogP contribution in [0.5, 0.6) is 0 Å². The third-order valence-electron chi connectivity index (χ3n) is 14.0. The predicted molar refractivity (Wildman–Crippen MR) is 169 cm³/mol. The molecule has 0 amide bonds. The Morgan fingerprint density at radius 2 is 1.60 bits per heavy atom. The fourth-order valence-corrected chi connectivity index (χ4v) is 11.5. The Kier molecular flexibility index (Phi) is 9.25. The second kappa shape index (κ2) is 12.2. The summed E-state index contributed by atoms with van der Waals surface area (Å²) in [7, 11) is 0. The number of esters is 1. The summed E-state index contributed by atoms with van der Waals surface area (Å²) in [4.78, 5) is 38.5. The van der Waals surface area contributed by atoms with Crippen LogP contribution in [-0.4, -0.2) is 23.6 Å². The molecule has 4 heteroatoms. The maximum absolute atomic E-state index is 13.7. The number of ketones is 2. The van der Waals surface area contributed by atoms with Gasteiger partial charge in [0.05, 0.1) is 0 Å². The Bertz CT molecular complexity index is 1080. The van der Waals surface area contributed by atoms with E-state index < -0.39 is 0 Å². The molecule has 0 aromatic heterocycles. The van der Waals surface area contributed by atoms with Crippen molar-refractivity contribution in [1.82, 2.24) is 0 Å². The highest BCUT2D eigenvalue weighted by Crippen LogP contribution is 2.67. The van der Waals surface area contributed by atoms with Crippen LogP contribution in [0, 0.1) is 51.8 Å². The topological polar surface area (TPSA) is 60.4 Å². The van der Waals surface area contributed by atoms with Crippen LogP contribution in [0.1, 0.15) is 151 Å². The average molecular weight is 581 g/mol. The quantitative estimate of drug-likeness (QED) is 0.201. The molecule has 5 rings (SSSR count). The Hall–Kier alpha value is -1.45. The molecule has 0 N–H and O–H groups in total.